The van der Waals surface area contributed by atoms with Crippen molar-refractivity contribution in [2.24, 2.45) is 0 Å². The molecule has 29 heavy (non-hydrogen) atoms. The first-order chi connectivity index (χ1) is 13.8. The quantitative estimate of drug-likeness (QED) is 0.657. The standard InChI is InChI=1S/C20H20ClN3O3S2/c1-29(26,27)24-10-4-5-13(12-24)22-20(25)15-11-17(18-8-9-19(21)28-18)23-16-7-3-2-6-14(15)16/h2-3,6-9,11,13H,4-5,10,12H2,1H3,(H,22,25). The van der Waals surface area contributed by atoms with Gasteiger partial charge in [0, 0.05) is 24.5 Å². The van der Waals surface area contributed by atoms with Gasteiger partial charge in [0.1, 0.15) is 0 Å². The summed E-state index contributed by atoms with van der Waals surface area (Å²) in [5.74, 6) is -0.229. The molecule has 0 radical (unpaired) electrons. The Bertz CT molecular complexity index is 1180. The van der Waals surface area contributed by atoms with Crippen molar-refractivity contribution in [1.29, 1.82) is 0 Å². The van der Waals surface area contributed by atoms with E-state index in [0.29, 0.717) is 35.1 Å². The molecule has 1 fully saturated rings. The molecule has 2 aromatic heterocycles. The van der Waals surface area contributed by atoms with E-state index < -0.39 is 10.0 Å². The van der Waals surface area contributed by atoms with Crippen LogP contribution in [0.1, 0.15) is 23.2 Å². The summed E-state index contributed by atoms with van der Waals surface area (Å²) in [5.41, 5.74) is 1.93. The zero-order chi connectivity index (χ0) is 20.6. The Morgan fingerprint density at radius 3 is 2.79 bits per heavy atom. The molecule has 0 aliphatic carbocycles. The third-order valence-corrected chi connectivity index (χ3v) is 7.50. The largest absolute Gasteiger partial charge is 0.348 e. The van der Waals surface area contributed by atoms with Crippen molar-refractivity contribution in [3.8, 4) is 10.6 Å². The highest BCUT2D eigenvalue weighted by Crippen LogP contribution is 2.32. The van der Waals surface area contributed by atoms with Gasteiger partial charge >= 0.3 is 0 Å². The molecule has 1 aliphatic rings. The van der Waals surface area contributed by atoms with E-state index in [1.165, 1.54) is 21.9 Å². The molecule has 1 unspecified atom stereocenters. The Labute approximate surface area is 178 Å². The van der Waals surface area contributed by atoms with Gasteiger partial charge in [-0.25, -0.2) is 17.7 Å². The monoisotopic (exact) mass is 449 g/mol. The molecule has 3 aromatic rings. The fraction of sp³-hybridized carbons (Fsp3) is 0.300. The zero-order valence-corrected chi connectivity index (χ0v) is 18.1. The van der Waals surface area contributed by atoms with Gasteiger partial charge in [-0.15, -0.1) is 11.3 Å². The Balaban J connectivity index is 1.66. The Morgan fingerprint density at radius 2 is 2.07 bits per heavy atom. The second-order valence-electron chi connectivity index (χ2n) is 7.11. The van der Waals surface area contributed by atoms with Crippen LogP contribution in [0.5, 0.6) is 0 Å². The van der Waals surface area contributed by atoms with Crippen molar-refractivity contribution >= 4 is 49.8 Å². The van der Waals surface area contributed by atoms with Gasteiger partial charge in [0.05, 0.1) is 32.2 Å². The summed E-state index contributed by atoms with van der Waals surface area (Å²) in [4.78, 5) is 18.7. The third kappa shape index (κ3) is 4.45. The predicted octanol–water partition coefficient (Wildman–Crippen LogP) is 3.77. The zero-order valence-electron chi connectivity index (χ0n) is 15.8. The summed E-state index contributed by atoms with van der Waals surface area (Å²) in [6, 6.07) is 12.7. The second-order valence-corrected chi connectivity index (χ2v) is 10.8. The Kier molecular flexibility index (Phi) is 5.61. The number of piperidine rings is 1. The number of fused-ring (bicyclic) bond motifs is 1. The molecule has 1 amide bonds. The Hall–Kier alpha value is -2.00. The molecule has 1 saturated heterocycles. The summed E-state index contributed by atoms with van der Waals surface area (Å²) >= 11 is 7.47. The van der Waals surface area contributed by atoms with Crippen LogP contribution in [0.25, 0.3) is 21.5 Å². The van der Waals surface area contributed by atoms with Crippen LogP contribution >= 0.6 is 22.9 Å². The van der Waals surface area contributed by atoms with E-state index in [1.807, 2.05) is 30.3 Å². The summed E-state index contributed by atoms with van der Waals surface area (Å²) in [6.07, 6.45) is 2.66. The van der Waals surface area contributed by atoms with Crippen LogP contribution in [0.4, 0.5) is 0 Å². The molecule has 1 N–H and O–H groups in total. The van der Waals surface area contributed by atoms with Gasteiger partial charge < -0.3 is 5.32 Å². The van der Waals surface area contributed by atoms with Crippen LogP contribution in [-0.2, 0) is 10.0 Å². The number of thiophene rings is 1. The summed E-state index contributed by atoms with van der Waals surface area (Å²) < 4.78 is 25.8. The number of aromatic nitrogens is 1. The van der Waals surface area contributed by atoms with Crippen LogP contribution < -0.4 is 5.32 Å². The number of rotatable bonds is 4. The number of amides is 1. The molecule has 6 nitrogen and oxygen atoms in total. The fourth-order valence-electron chi connectivity index (χ4n) is 3.57. The number of hydrogen-bond donors (Lipinski definition) is 1. The topological polar surface area (TPSA) is 79.4 Å². The van der Waals surface area contributed by atoms with Crippen LogP contribution in [0.15, 0.2) is 42.5 Å². The highest BCUT2D eigenvalue weighted by molar-refractivity contribution is 7.88. The molecule has 0 spiro atoms. The maximum atomic E-state index is 13.1. The minimum Gasteiger partial charge on any atom is -0.348 e. The van der Waals surface area contributed by atoms with Gasteiger partial charge in [-0.3, -0.25) is 4.79 Å². The first-order valence-corrected chi connectivity index (χ1v) is 12.3. The molecule has 0 saturated carbocycles. The molecular formula is C20H20ClN3O3S2. The number of benzene rings is 1. The van der Waals surface area contributed by atoms with Crippen LogP contribution in [0.3, 0.4) is 0 Å². The van der Waals surface area contributed by atoms with Crippen LogP contribution in [0, 0.1) is 0 Å². The van der Waals surface area contributed by atoms with E-state index >= 15 is 0 Å². The smallest absolute Gasteiger partial charge is 0.252 e. The van der Waals surface area contributed by atoms with Crippen molar-refractivity contribution in [3.63, 3.8) is 0 Å². The lowest BCUT2D eigenvalue weighted by Gasteiger charge is -2.31. The number of nitrogens with zero attached hydrogens (tertiary/aromatic N) is 2. The second kappa shape index (κ2) is 8.02. The first-order valence-electron chi connectivity index (χ1n) is 9.23. The molecule has 9 heteroatoms. The van der Waals surface area contributed by atoms with E-state index in [-0.39, 0.29) is 11.9 Å². The number of nitrogens with one attached hydrogen (secondary N) is 1. The minimum atomic E-state index is -3.27. The average Bonchev–Trinajstić information content (AvgIpc) is 3.13. The van der Waals surface area contributed by atoms with Crippen molar-refractivity contribution in [1.82, 2.24) is 14.6 Å². The highest BCUT2D eigenvalue weighted by atomic mass is 35.5. The lowest BCUT2D eigenvalue weighted by atomic mass is 10.0. The van der Waals surface area contributed by atoms with Gasteiger partial charge in [-0.2, -0.15) is 0 Å². The molecule has 3 heterocycles. The Morgan fingerprint density at radius 1 is 1.28 bits per heavy atom. The van der Waals surface area contributed by atoms with E-state index in [0.717, 1.165) is 22.2 Å². The van der Waals surface area contributed by atoms with Gasteiger partial charge in [0.15, 0.2) is 0 Å². The lowest BCUT2D eigenvalue weighted by molar-refractivity contribution is 0.0923. The van der Waals surface area contributed by atoms with Crippen LogP contribution in [0.2, 0.25) is 4.34 Å². The highest BCUT2D eigenvalue weighted by Gasteiger charge is 2.27. The van der Waals surface area contributed by atoms with Crippen molar-refractivity contribution in [2.75, 3.05) is 19.3 Å². The SMILES string of the molecule is CS(=O)(=O)N1CCCC(NC(=O)c2cc(-c3ccc(Cl)s3)nc3ccccc23)C1. The maximum Gasteiger partial charge on any atom is 0.252 e. The van der Waals surface area contributed by atoms with Gasteiger partial charge in [0.2, 0.25) is 10.0 Å². The number of para-hydroxylation sites is 1. The first kappa shape index (κ1) is 20.3. The third-order valence-electron chi connectivity index (χ3n) is 4.97. The summed E-state index contributed by atoms with van der Waals surface area (Å²) in [7, 11) is -3.27. The van der Waals surface area contributed by atoms with E-state index in [4.69, 9.17) is 11.6 Å². The number of carbonyl (C=O) groups excluding carboxylic acids is 1. The lowest BCUT2D eigenvalue weighted by Crippen LogP contribution is -2.49. The van der Waals surface area contributed by atoms with Gasteiger partial charge in [0.25, 0.3) is 5.91 Å². The molecule has 152 valence electrons. The molecule has 1 aliphatic heterocycles. The molecule has 0 bridgehead atoms. The normalized spacial score (nSPS) is 18.1. The van der Waals surface area contributed by atoms with E-state index in [2.05, 4.69) is 10.3 Å². The number of hydrogen-bond acceptors (Lipinski definition) is 5. The molecular weight excluding hydrogens is 430 g/mol. The number of pyridine rings is 1. The average molecular weight is 450 g/mol. The van der Waals surface area contributed by atoms with Crippen LogP contribution in [-0.4, -0.2) is 49.0 Å². The molecule has 1 atom stereocenters. The van der Waals surface area contributed by atoms with Crippen molar-refractivity contribution in [2.45, 2.75) is 18.9 Å². The summed E-state index contributed by atoms with van der Waals surface area (Å²) in [5, 5.41) is 3.77. The van der Waals surface area contributed by atoms with Crippen molar-refractivity contribution in [3.05, 3.63) is 52.4 Å². The molecule has 4 rings (SSSR count). The van der Waals surface area contributed by atoms with Crippen molar-refractivity contribution < 1.29 is 13.2 Å². The van der Waals surface area contributed by atoms with E-state index in [1.54, 1.807) is 12.1 Å². The fourth-order valence-corrected chi connectivity index (χ4v) is 5.48. The molecule has 1 aromatic carbocycles. The van der Waals surface area contributed by atoms with E-state index in [9.17, 15) is 13.2 Å². The maximum absolute atomic E-state index is 13.1. The summed E-state index contributed by atoms with van der Waals surface area (Å²) in [6.45, 7) is 0.785. The number of sulfonamides is 1. The number of carbonyl (C=O) groups is 1. The van der Waals surface area contributed by atoms with Gasteiger partial charge in [-0.05, 0) is 37.1 Å². The minimum absolute atomic E-state index is 0.225. The number of halogens is 1. The van der Waals surface area contributed by atoms with Gasteiger partial charge in [-0.1, -0.05) is 29.8 Å². The predicted molar refractivity (Wildman–Crippen MR) is 117 cm³/mol.